The van der Waals surface area contributed by atoms with Gasteiger partial charge in [0.25, 0.3) is 0 Å². The molecule has 6 nitrogen and oxygen atoms in total. The Morgan fingerprint density at radius 3 is 2.38 bits per heavy atom. The molecule has 3 aromatic rings. The molecule has 6 heteroatoms. The standard InChI is InChI=1S/C18H19N5O/c1-13-9-11-16(12-10-13)23-18(19-20-21-23)17(22(3)14(2)24)15-7-5-4-6-8-15/h4-12,17H,1-3H3/t17-/m1/s1. The van der Waals surface area contributed by atoms with Crippen LogP contribution < -0.4 is 0 Å². The fourth-order valence-electron chi connectivity index (χ4n) is 2.60. The van der Waals surface area contributed by atoms with Crippen LogP contribution in [0, 0.1) is 6.92 Å². The first-order chi connectivity index (χ1) is 11.6. The molecular weight excluding hydrogens is 302 g/mol. The van der Waals surface area contributed by atoms with Crippen molar-refractivity contribution >= 4 is 5.91 Å². The number of hydrogen-bond donors (Lipinski definition) is 0. The number of amides is 1. The van der Waals surface area contributed by atoms with E-state index in [9.17, 15) is 4.79 Å². The fraction of sp³-hybridized carbons (Fsp3) is 0.222. The minimum atomic E-state index is -0.361. The zero-order chi connectivity index (χ0) is 17.1. The van der Waals surface area contributed by atoms with E-state index in [4.69, 9.17) is 0 Å². The number of carbonyl (C=O) groups excluding carboxylic acids is 1. The Labute approximate surface area is 140 Å². The zero-order valence-electron chi connectivity index (χ0n) is 13.9. The summed E-state index contributed by atoms with van der Waals surface area (Å²) < 4.78 is 1.68. The highest BCUT2D eigenvalue weighted by molar-refractivity contribution is 5.74. The van der Waals surface area contributed by atoms with Crippen molar-refractivity contribution in [2.75, 3.05) is 7.05 Å². The lowest BCUT2D eigenvalue weighted by atomic mass is 10.0. The SMILES string of the molecule is CC(=O)N(C)[C@H](c1ccccc1)c1nnnn1-c1ccc(C)cc1. The molecule has 1 aromatic heterocycles. The Hall–Kier alpha value is -3.02. The van der Waals surface area contributed by atoms with E-state index in [0.29, 0.717) is 5.82 Å². The highest BCUT2D eigenvalue weighted by Gasteiger charge is 2.27. The molecule has 0 saturated heterocycles. The second-order valence-electron chi connectivity index (χ2n) is 5.73. The summed E-state index contributed by atoms with van der Waals surface area (Å²) in [4.78, 5) is 13.6. The van der Waals surface area contributed by atoms with E-state index in [0.717, 1.165) is 16.8 Å². The summed E-state index contributed by atoms with van der Waals surface area (Å²) in [5.41, 5.74) is 2.98. The minimum absolute atomic E-state index is 0.0534. The molecule has 0 aliphatic rings. The molecule has 0 aliphatic carbocycles. The van der Waals surface area contributed by atoms with Gasteiger partial charge >= 0.3 is 0 Å². The summed E-state index contributed by atoms with van der Waals surface area (Å²) >= 11 is 0. The van der Waals surface area contributed by atoms with Gasteiger partial charge in [-0.3, -0.25) is 4.79 Å². The van der Waals surface area contributed by atoms with Crippen LogP contribution in [0.2, 0.25) is 0 Å². The van der Waals surface area contributed by atoms with E-state index in [1.165, 1.54) is 6.92 Å². The third-order valence-corrected chi connectivity index (χ3v) is 4.02. The first kappa shape index (κ1) is 15.9. The van der Waals surface area contributed by atoms with E-state index in [2.05, 4.69) is 15.5 Å². The van der Waals surface area contributed by atoms with Crippen molar-refractivity contribution < 1.29 is 4.79 Å². The molecular formula is C18H19N5O. The molecule has 0 saturated carbocycles. The van der Waals surface area contributed by atoms with Crippen LogP contribution in [0.25, 0.3) is 5.69 Å². The molecule has 1 atom stereocenters. The van der Waals surface area contributed by atoms with E-state index >= 15 is 0 Å². The number of carbonyl (C=O) groups is 1. The van der Waals surface area contributed by atoms with E-state index < -0.39 is 0 Å². The van der Waals surface area contributed by atoms with E-state index in [1.807, 2.05) is 61.5 Å². The summed E-state index contributed by atoms with van der Waals surface area (Å²) in [6.45, 7) is 3.57. The summed E-state index contributed by atoms with van der Waals surface area (Å²) in [6.07, 6.45) is 0. The van der Waals surface area contributed by atoms with Crippen LogP contribution >= 0.6 is 0 Å². The maximum absolute atomic E-state index is 12.0. The van der Waals surface area contributed by atoms with Crippen LogP contribution in [0.15, 0.2) is 54.6 Å². The minimum Gasteiger partial charge on any atom is -0.332 e. The van der Waals surface area contributed by atoms with Crippen molar-refractivity contribution in [1.29, 1.82) is 0 Å². The molecule has 2 aromatic carbocycles. The topological polar surface area (TPSA) is 63.9 Å². The van der Waals surface area contributed by atoms with Crippen LogP contribution in [-0.2, 0) is 4.79 Å². The third kappa shape index (κ3) is 3.03. The lowest BCUT2D eigenvalue weighted by Gasteiger charge is -2.26. The van der Waals surface area contributed by atoms with Crippen LogP contribution in [-0.4, -0.2) is 38.1 Å². The van der Waals surface area contributed by atoms with Gasteiger partial charge in [0.05, 0.1) is 5.69 Å². The van der Waals surface area contributed by atoms with Crippen LogP contribution in [0.5, 0.6) is 0 Å². The lowest BCUT2D eigenvalue weighted by molar-refractivity contribution is -0.129. The maximum Gasteiger partial charge on any atom is 0.220 e. The summed E-state index contributed by atoms with van der Waals surface area (Å²) in [5, 5.41) is 12.2. The van der Waals surface area contributed by atoms with Crippen molar-refractivity contribution in [2.24, 2.45) is 0 Å². The van der Waals surface area contributed by atoms with Gasteiger partial charge in [-0.15, -0.1) is 5.10 Å². The lowest BCUT2D eigenvalue weighted by Crippen LogP contribution is -2.32. The highest BCUT2D eigenvalue weighted by atomic mass is 16.2. The van der Waals surface area contributed by atoms with Gasteiger partial charge in [0.1, 0.15) is 6.04 Å². The van der Waals surface area contributed by atoms with Crippen LogP contribution in [0.1, 0.15) is 29.9 Å². The van der Waals surface area contributed by atoms with Crippen LogP contribution in [0.4, 0.5) is 0 Å². The monoisotopic (exact) mass is 321 g/mol. The molecule has 0 radical (unpaired) electrons. The number of aromatic nitrogens is 4. The normalized spacial score (nSPS) is 12.0. The van der Waals surface area contributed by atoms with Crippen molar-refractivity contribution in [2.45, 2.75) is 19.9 Å². The molecule has 0 fully saturated rings. The predicted octanol–water partition coefficient (Wildman–Crippen LogP) is 2.54. The Balaban J connectivity index is 2.11. The second-order valence-corrected chi connectivity index (χ2v) is 5.73. The van der Waals surface area contributed by atoms with Gasteiger partial charge in [0, 0.05) is 14.0 Å². The molecule has 1 amide bonds. The van der Waals surface area contributed by atoms with Gasteiger partial charge in [0.15, 0.2) is 5.82 Å². The number of rotatable bonds is 4. The summed E-state index contributed by atoms with van der Waals surface area (Å²) in [5.74, 6) is 0.546. The molecule has 1 heterocycles. The first-order valence-electron chi connectivity index (χ1n) is 7.71. The zero-order valence-corrected chi connectivity index (χ0v) is 13.9. The number of tetrazole rings is 1. The smallest absolute Gasteiger partial charge is 0.220 e. The van der Waals surface area contributed by atoms with E-state index in [1.54, 1.807) is 16.6 Å². The molecule has 0 unspecified atom stereocenters. The molecule has 122 valence electrons. The Morgan fingerprint density at radius 1 is 1.08 bits per heavy atom. The molecule has 3 rings (SSSR count). The second kappa shape index (κ2) is 6.62. The fourth-order valence-corrected chi connectivity index (χ4v) is 2.60. The summed E-state index contributed by atoms with van der Waals surface area (Å²) in [7, 11) is 1.76. The Kier molecular flexibility index (Phi) is 4.37. The van der Waals surface area contributed by atoms with Gasteiger partial charge in [-0.05, 0) is 35.0 Å². The van der Waals surface area contributed by atoms with Gasteiger partial charge < -0.3 is 4.90 Å². The maximum atomic E-state index is 12.0. The average Bonchev–Trinajstić information content (AvgIpc) is 3.06. The largest absolute Gasteiger partial charge is 0.332 e. The van der Waals surface area contributed by atoms with Gasteiger partial charge in [-0.2, -0.15) is 4.68 Å². The highest BCUT2D eigenvalue weighted by Crippen LogP contribution is 2.27. The number of aryl methyl sites for hydroxylation is 1. The summed E-state index contributed by atoms with van der Waals surface area (Å²) in [6, 6.07) is 17.3. The van der Waals surface area contributed by atoms with E-state index in [-0.39, 0.29) is 11.9 Å². The van der Waals surface area contributed by atoms with Crippen LogP contribution in [0.3, 0.4) is 0 Å². The Bertz CT molecular complexity index is 826. The van der Waals surface area contributed by atoms with Crippen molar-refractivity contribution in [3.05, 3.63) is 71.5 Å². The predicted molar refractivity (Wildman–Crippen MR) is 90.6 cm³/mol. The first-order valence-corrected chi connectivity index (χ1v) is 7.71. The molecule has 0 aliphatic heterocycles. The average molecular weight is 321 g/mol. The number of benzene rings is 2. The molecule has 0 N–H and O–H groups in total. The van der Waals surface area contributed by atoms with Crippen molar-refractivity contribution in [3.63, 3.8) is 0 Å². The van der Waals surface area contributed by atoms with Gasteiger partial charge in [-0.1, -0.05) is 48.0 Å². The number of nitrogens with zero attached hydrogens (tertiary/aromatic N) is 5. The van der Waals surface area contributed by atoms with Crippen molar-refractivity contribution in [3.8, 4) is 5.69 Å². The quantitative estimate of drug-likeness (QED) is 0.741. The van der Waals surface area contributed by atoms with Crippen molar-refractivity contribution in [1.82, 2.24) is 25.1 Å². The van der Waals surface area contributed by atoms with Gasteiger partial charge in [-0.25, -0.2) is 0 Å². The molecule has 0 spiro atoms. The molecule has 0 bridgehead atoms. The number of hydrogen-bond acceptors (Lipinski definition) is 4. The third-order valence-electron chi connectivity index (χ3n) is 4.02. The molecule has 24 heavy (non-hydrogen) atoms. The Morgan fingerprint density at radius 2 is 1.75 bits per heavy atom. The van der Waals surface area contributed by atoms with Gasteiger partial charge in [0.2, 0.25) is 5.91 Å².